The second-order valence-electron chi connectivity index (χ2n) is 3.55. The summed E-state index contributed by atoms with van der Waals surface area (Å²) in [6, 6.07) is 0. The molecule has 0 spiro atoms. The van der Waals surface area contributed by atoms with Gasteiger partial charge in [0.1, 0.15) is 0 Å². The molecule has 0 nitrogen and oxygen atoms in total. The van der Waals surface area contributed by atoms with Crippen molar-refractivity contribution in [1.29, 1.82) is 0 Å². The number of halogens is 1. The van der Waals surface area contributed by atoms with Gasteiger partial charge < -0.3 is 0 Å². The molecule has 0 aliphatic heterocycles. The molecule has 1 aliphatic rings. The van der Waals surface area contributed by atoms with Crippen LogP contribution in [0, 0.1) is 11.8 Å². The van der Waals surface area contributed by atoms with Crippen LogP contribution in [-0.2, 0) is 0 Å². The van der Waals surface area contributed by atoms with E-state index in [4.69, 9.17) is 0 Å². The molecule has 0 N–H and O–H groups in total. The van der Waals surface area contributed by atoms with Crippen LogP contribution < -0.4 is 0 Å². The highest BCUT2D eigenvalue weighted by atomic mass is 127. The van der Waals surface area contributed by atoms with Crippen molar-refractivity contribution in [3.63, 3.8) is 0 Å². The summed E-state index contributed by atoms with van der Waals surface area (Å²) in [6.45, 7) is 6.32. The Labute approximate surface area is 94.9 Å². The van der Waals surface area contributed by atoms with E-state index in [1.807, 2.05) is 0 Å². The molecule has 1 heteroatoms. The van der Waals surface area contributed by atoms with Crippen molar-refractivity contribution >= 4 is 22.6 Å². The van der Waals surface area contributed by atoms with E-state index in [1.54, 1.807) is 0 Å². The predicted octanol–water partition coefficient (Wildman–Crippen LogP) is 4.48. The van der Waals surface area contributed by atoms with Gasteiger partial charge >= 0.3 is 0 Å². The van der Waals surface area contributed by atoms with E-state index in [9.17, 15) is 0 Å². The molecular weight excluding hydrogens is 271 g/mol. The first kappa shape index (κ1) is 11.0. The Hall–Kier alpha value is -0.0500. The van der Waals surface area contributed by atoms with Crippen molar-refractivity contribution in [3.05, 3.63) is 34.5 Å². The number of hydrogen-bond acceptors (Lipinski definition) is 0. The van der Waals surface area contributed by atoms with Gasteiger partial charge in [0.05, 0.1) is 0 Å². The number of hydrogen-bond donors (Lipinski definition) is 0. The minimum absolute atomic E-state index is 0.673. The van der Waals surface area contributed by atoms with Gasteiger partial charge in [0, 0.05) is 0 Å². The molecule has 1 rings (SSSR count). The van der Waals surface area contributed by atoms with Crippen molar-refractivity contribution in [3.8, 4) is 0 Å². The Kier molecular flexibility index (Phi) is 4.78. The van der Waals surface area contributed by atoms with Crippen molar-refractivity contribution in [2.24, 2.45) is 11.8 Å². The van der Waals surface area contributed by atoms with Gasteiger partial charge in [-0.2, -0.15) is 0 Å². The smallest absolute Gasteiger partial charge is 0.00438 e. The van der Waals surface area contributed by atoms with Crippen molar-refractivity contribution < 1.29 is 0 Å². The standard InChI is InChI=1S/C12H17I/c1-3-7-12(10(2)13)11-8-5-4-6-9-11/h4-6,8,11-12H,2-3,7,9H2,1H3. The molecule has 0 radical (unpaired) electrons. The summed E-state index contributed by atoms with van der Waals surface area (Å²) in [7, 11) is 0. The monoisotopic (exact) mass is 288 g/mol. The molecule has 0 bridgehead atoms. The van der Waals surface area contributed by atoms with E-state index in [-0.39, 0.29) is 0 Å². The van der Waals surface area contributed by atoms with Gasteiger partial charge in [0.25, 0.3) is 0 Å². The summed E-state index contributed by atoms with van der Waals surface area (Å²) in [5, 5.41) is 0. The van der Waals surface area contributed by atoms with Gasteiger partial charge in [-0.15, -0.1) is 0 Å². The largest absolute Gasteiger partial charge is 0.0894 e. The zero-order chi connectivity index (χ0) is 9.68. The normalized spacial score (nSPS) is 23.1. The van der Waals surface area contributed by atoms with E-state index < -0.39 is 0 Å². The SMILES string of the molecule is C=C(I)C(CCC)C1C=CC=CC1. The Balaban J connectivity index is 2.59. The molecule has 0 saturated heterocycles. The third kappa shape index (κ3) is 3.29. The lowest BCUT2D eigenvalue weighted by atomic mass is 9.84. The molecule has 13 heavy (non-hydrogen) atoms. The summed E-state index contributed by atoms with van der Waals surface area (Å²) in [5.41, 5.74) is 0. The van der Waals surface area contributed by atoms with Gasteiger partial charge in [-0.05, 0) is 50.8 Å². The lowest BCUT2D eigenvalue weighted by Gasteiger charge is -2.24. The first-order chi connectivity index (χ1) is 6.25. The average molecular weight is 288 g/mol. The second kappa shape index (κ2) is 5.63. The highest BCUT2D eigenvalue weighted by Gasteiger charge is 2.19. The van der Waals surface area contributed by atoms with E-state index in [2.05, 4.69) is 60.4 Å². The van der Waals surface area contributed by atoms with Crippen LogP contribution in [0.1, 0.15) is 26.2 Å². The third-order valence-electron chi connectivity index (χ3n) is 2.53. The topological polar surface area (TPSA) is 0 Å². The summed E-state index contributed by atoms with van der Waals surface area (Å²) in [6.07, 6.45) is 12.6. The lowest BCUT2D eigenvalue weighted by molar-refractivity contribution is 0.439. The third-order valence-corrected chi connectivity index (χ3v) is 3.33. The van der Waals surface area contributed by atoms with E-state index in [0.717, 1.165) is 0 Å². The van der Waals surface area contributed by atoms with Gasteiger partial charge in [-0.1, -0.05) is 44.2 Å². The molecule has 0 fully saturated rings. The number of rotatable bonds is 4. The molecule has 0 aromatic heterocycles. The molecular formula is C12H17I. The zero-order valence-corrected chi connectivity index (χ0v) is 10.3. The van der Waals surface area contributed by atoms with Gasteiger partial charge in [-0.3, -0.25) is 0 Å². The van der Waals surface area contributed by atoms with Crippen LogP contribution in [0.3, 0.4) is 0 Å². The molecule has 72 valence electrons. The predicted molar refractivity (Wildman–Crippen MR) is 67.9 cm³/mol. The minimum atomic E-state index is 0.673. The summed E-state index contributed by atoms with van der Waals surface area (Å²) >= 11 is 2.38. The maximum absolute atomic E-state index is 4.08. The Bertz CT molecular complexity index is 225. The van der Waals surface area contributed by atoms with Crippen LogP contribution in [0.15, 0.2) is 34.5 Å². The van der Waals surface area contributed by atoms with Crippen LogP contribution in [0.2, 0.25) is 0 Å². The van der Waals surface area contributed by atoms with E-state index in [1.165, 1.54) is 22.8 Å². The highest BCUT2D eigenvalue weighted by Crippen LogP contribution is 2.33. The first-order valence-corrected chi connectivity index (χ1v) is 6.01. The molecule has 2 unspecified atom stereocenters. The Morgan fingerprint density at radius 1 is 1.62 bits per heavy atom. The zero-order valence-electron chi connectivity index (χ0n) is 8.17. The lowest BCUT2D eigenvalue weighted by Crippen LogP contribution is -2.13. The van der Waals surface area contributed by atoms with E-state index in [0.29, 0.717) is 11.8 Å². The van der Waals surface area contributed by atoms with Gasteiger partial charge in [-0.25, -0.2) is 0 Å². The molecule has 0 heterocycles. The van der Waals surface area contributed by atoms with Crippen molar-refractivity contribution in [2.45, 2.75) is 26.2 Å². The second-order valence-corrected chi connectivity index (χ2v) is 4.94. The summed E-state index contributed by atoms with van der Waals surface area (Å²) < 4.78 is 1.31. The Morgan fingerprint density at radius 3 is 2.85 bits per heavy atom. The summed E-state index contributed by atoms with van der Waals surface area (Å²) in [5.74, 6) is 1.36. The molecule has 0 amide bonds. The fourth-order valence-electron chi connectivity index (χ4n) is 1.81. The van der Waals surface area contributed by atoms with Crippen LogP contribution in [0.25, 0.3) is 0 Å². The van der Waals surface area contributed by atoms with Gasteiger partial charge in [0.15, 0.2) is 0 Å². The van der Waals surface area contributed by atoms with Crippen molar-refractivity contribution in [1.82, 2.24) is 0 Å². The van der Waals surface area contributed by atoms with Crippen molar-refractivity contribution in [2.75, 3.05) is 0 Å². The highest BCUT2D eigenvalue weighted by molar-refractivity contribution is 14.1. The molecule has 2 atom stereocenters. The van der Waals surface area contributed by atoms with Crippen LogP contribution in [-0.4, -0.2) is 0 Å². The van der Waals surface area contributed by atoms with Crippen LogP contribution >= 0.6 is 22.6 Å². The average Bonchev–Trinajstić information content (AvgIpc) is 2.15. The number of allylic oxidation sites excluding steroid dienone is 5. The van der Waals surface area contributed by atoms with Gasteiger partial charge in [0.2, 0.25) is 0 Å². The van der Waals surface area contributed by atoms with E-state index >= 15 is 0 Å². The molecule has 0 saturated carbocycles. The fourth-order valence-corrected chi connectivity index (χ4v) is 2.59. The molecule has 0 aromatic rings. The first-order valence-electron chi connectivity index (χ1n) is 4.93. The molecule has 0 aromatic carbocycles. The maximum Gasteiger partial charge on any atom is -0.00438 e. The fraction of sp³-hybridized carbons (Fsp3) is 0.500. The Morgan fingerprint density at radius 2 is 2.38 bits per heavy atom. The minimum Gasteiger partial charge on any atom is -0.0894 e. The van der Waals surface area contributed by atoms with Crippen LogP contribution in [0.4, 0.5) is 0 Å². The summed E-state index contributed by atoms with van der Waals surface area (Å²) in [4.78, 5) is 0. The quantitative estimate of drug-likeness (QED) is 0.669. The molecule has 1 aliphatic carbocycles. The van der Waals surface area contributed by atoms with Crippen LogP contribution in [0.5, 0.6) is 0 Å². The maximum atomic E-state index is 4.08.